The van der Waals surface area contributed by atoms with Crippen LogP contribution >= 0.6 is 0 Å². The molecule has 156 valence electrons. The molecule has 3 rings (SSSR count). The normalized spacial score (nSPS) is 17.9. The number of aliphatic hydroxyl groups is 1. The van der Waals surface area contributed by atoms with Gasteiger partial charge in [-0.15, -0.1) is 0 Å². The molecule has 3 N–H and O–H groups in total. The van der Waals surface area contributed by atoms with Crippen molar-refractivity contribution in [1.29, 1.82) is 0 Å². The quantitative estimate of drug-likeness (QED) is 0.507. The molecular formula is C22H21NO7. The first-order valence-electron chi connectivity index (χ1n) is 9.09. The minimum atomic E-state index is -1.23. The Bertz CT molecular complexity index is 1010. The van der Waals surface area contributed by atoms with Gasteiger partial charge in [0.05, 0.1) is 25.7 Å². The van der Waals surface area contributed by atoms with Gasteiger partial charge in [0.25, 0.3) is 0 Å². The van der Waals surface area contributed by atoms with Crippen LogP contribution in [0.15, 0.2) is 71.5 Å². The molecule has 30 heavy (non-hydrogen) atoms. The van der Waals surface area contributed by atoms with E-state index in [0.717, 1.165) is 14.2 Å². The van der Waals surface area contributed by atoms with Crippen molar-refractivity contribution in [3.8, 4) is 0 Å². The van der Waals surface area contributed by atoms with Crippen LogP contribution in [-0.4, -0.2) is 36.5 Å². The molecule has 0 heterocycles. The Hall–Kier alpha value is -3.46. The first-order chi connectivity index (χ1) is 14.4. The Morgan fingerprint density at radius 3 is 2.20 bits per heavy atom. The van der Waals surface area contributed by atoms with Gasteiger partial charge in [-0.1, -0.05) is 54.6 Å². The molecule has 2 aromatic rings. The summed E-state index contributed by atoms with van der Waals surface area (Å²) in [4.78, 5) is 25.1. The zero-order chi connectivity index (χ0) is 21.8. The maximum absolute atomic E-state index is 12.8. The van der Waals surface area contributed by atoms with Gasteiger partial charge in [-0.05, 0) is 17.2 Å². The minimum Gasteiger partial charge on any atom is -0.600 e. The monoisotopic (exact) mass is 411 g/mol. The molecule has 8 heteroatoms. The largest absolute Gasteiger partial charge is 0.600 e. The maximum atomic E-state index is 12.8. The van der Waals surface area contributed by atoms with Crippen molar-refractivity contribution in [3.05, 3.63) is 93.4 Å². The molecule has 0 aromatic heterocycles. The van der Waals surface area contributed by atoms with Crippen LogP contribution in [0, 0.1) is 5.21 Å². The zero-order valence-corrected chi connectivity index (χ0v) is 16.4. The molecule has 1 aliphatic rings. The van der Waals surface area contributed by atoms with E-state index in [1.165, 1.54) is 6.08 Å². The third kappa shape index (κ3) is 3.84. The highest BCUT2D eigenvalue weighted by Gasteiger charge is 2.42. The Morgan fingerprint density at radius 2 is 1.60 bits per heavy atom. The molecule has 2 aromatic carbocycles. The number of fused-ring (bicyclic) bond motifs is 1. The van der Waals surface area contributed by atoms with Gasteiger partial charge in [-0.3, -0.25) is 0 Å². The summed E-state index contributed by atoms with van der Waals surface area (Å²) in [7, 11) is 2.27. The van der Waals surface area contributed by atoms with E-state index in [2.05, 4.69) is 0 Å². The molecule has 0 amide bonds. The molecule has 0 saturated heterocycles. The van der Waals surface area contributed by atoms with E-state index in [-0.39, 0.29) is 11.1 Å². The summed E-state index contributed by atoms with van der Waals surface area (Å²) < 4.78 is 9.61. The van der Waals surface area contributed by atoms with Crippen molar-refractivity contribution in [1.82, 2.24) is 0 Å². The molecule has 0 bridgehead atoms. The molecule has 0 radical (unpaired) electrons. The summed E-state index contributed by atoms with van der Waals surface area (Å²) in [6, 6.07) is 13.9. The Labute approximate surface area is 172 Å². The SMILES string of the molecule is COC(=O)C1=Cc2ccccc2[C@H]([C@@H](c2ccccc2)[NH+]([O-])O)C(C(=O)OC)=C1O. The standard InChI is InChI=1S/C22H21NO7/c1-29-21(25)16-12-14-10-6-7-11-15(14)17(18(20(16)24)22(26)30-2)19(23(27)28)13-8-4-3-5-9-13/h3-12,17,19,23-24,27H,1-2H3/t17-,19+/m0/s1. The van der Waals surface area contributed by atoms with E-state index in [1.807, 2.05) is 0 Å². The van der Waals surface area contributed by atoms with E-state index in [0.29, 0.717) is 16.7 Å². The van der Waals surface area contributed by atoms with E-state index in [1.54, 1.807) is 54.6 Å². The van der Waals surface area contributed by atoms with Gasteiger partial charge >= 0.3 is 11.9 Å². The fourth-order valence-corrected chi connectivity index (χ4v) is 3.68. The Kier molecular flexibility index (Phi) is 6.31. The summed E-state index contributed by atoms with van der Waals surface area (Å²) in [5.74, 6) is -3.59. The minimum absolute atomic E-state index is 0.259. The van der Waals surface area contributed by atoms with Crippen molar-refractivity contribution >= 4 is 18.0 Å². The van der Waals surface area contributed by atoms with Gasteiger partial charge in [0, 0.05) is 5.56 Å². The first-order valence-corrected chi connectivity index (χ1v) is 9.09. The van der Waals surface area contributed by atoms with Gasteiger partial charge in [-0.25, -0.2) is 20.0 Å². The predicted molar refractivity (Wildman–Crippen MR) is 106 cm³/mol. The molecule has 1 unspecified atom stereocenters. The number of benzene rings is 2. The number of methoxy groups -OCH3 is 2. The van der Waals surface area contributed by atoms with Crippen LogP contribution in [0.4, 0.5) is 0 Å². The highest BCUT2D eigenvalue weighted by atomic mass is 16.8. The topological polar surface area (TPSA) is 121 Å². The van der Waals surface area contributed by atoms with Crippen molar-refractivity contribution in [2.24, 2.45) is 0 Å². The van der Waals surface area contributed by atoms with E-state index in [4.69, 9.17) is 9.47 Å². The molecule has 3 atom stereocenters. The third-order valence-electron chi connectivity index (χ3n) is 5.02. The van der Waals surface area contributed by atoms with Gasteiger partial charge in [0.15, 0.2) is 6.04 Å². The van der Waals surface area contributed by atoms with Crippen LogP contribution in [0.3, 0.4) is 0 Å². The van der Waals surface area contributed by atoms with Crippen LogP contribution in [0.25, 0.3) is 6.08 Å². The van der Waals surface area contributed by atoms with Crippen molar-refractivity contribution in [2.75, 3.05) is 14.2 Å². The molecule has 0 aliphatic heterocycles. The molecule has 0 spiro atoms. The summed E-state index contributed by atoms with van der Waals surface area (Å²) in [6.45, 7) is 0. The number of rotatable bonds is 5. The molecular weight excluding hydrogens is 390 g/mol. The van der Waals surface area contributed by atoms with Gasteiger partial charge in [0.2, 0.25) is 0 Å². The van der Waals surface area contributed by atoms with Crippen LogP contribution in [-0.2, 0) is 19.1 Å². The van der Waals surface area contributed by atoms with E-state index >= 15 is 0 Å². The highest BCUT2D eigenvalue weighted by molar-refractivity contribution is 6.03. The number of esters is 2. The summed E-state index contributed by atoms with van der Waals surface area (Å²) in [6.07, 6.45) is 1.38. The summed E-state index contributed by atoms with van der Waals surface area (Å²) in [5.41, 5.74) is 0.788. The smallest absolute Gasteiger partial charge is 0.341 e. The number of aliphatic hydroxyl groups excluding tert-OH is 1. The van der Waals surface area contributed by atoms with Crippen molar-refractivity contribution in [2.45, 2.75) is 12.0 Å². The highest BCUT2D eigenvalue weighted by Crippen LogP contribution is 2.42. The molecule has 1 aliphatic carbocycles. The van der Waals surface area contributed by atoms with Gasteiger partial charge < -0.3 is 19.8 Å². The summed E-state index contributed by atoms with van der Waals surface area (Å²) >= 11 is 0. The number of ether oxygens (including phenoxy) is 2. The lowest BCUT2D eigenvalue weighted by atomic mass is 9.80. The second-order valence-electron chi connectivity index (χ2n) is 6.64. The molecule has 8 nitrogen and oxygen atoms in total. The number of hydrogen-bond acceptors (Lipinski definition) is 7. The second-order valence-corrected chi connectivity index (χ2v) is 6.64. The zero-order valence-electron chi connectivity index (χ0n) is 16.4. The Balaban J connectivity index is 2.37. The van der Waals surface area contributed by atoms with Crippen LogP contribution in [0.1, 0.15) is 28.7 Å². The number of carbonyl (C=O) groups excluding carboxylic acids is 2. The lowest BCUT2D eigenvalue weighted by Crippen LogP contribution is -3.05. The average molecular weight is 411 g/mol. The number of hydrogen-bond donors (Lipinski definition) is 3. The second kappa shape index (κ2) is 8.91. The molecule has 0 saturated carbocycles. The number of nitrogens with one attached hydrogen (secondary N) is 1. The van der Waals surface area contributed by atoms with Gasteiger partial charge in [-0.2, -0.15) is 0 Å². The summed E-state index contributed by atoms with van der Waals surface area (Å²) in [5, 5.41) is 32.3. The van der Waals surface area contributed by atoms with Gasteiger partial charge in [0.1, 0.15) is 11.3 Å². The lowest BCUT2D eigenvalue weighted by Gasteiger charge is -2.33. The van der Waals surface area contributed by atoms with E-state index < -0.39 is 34.9 Å². The maximum Gasteiger partial charge on any atom is 0.341 e. The number of carbonyl (C=O) groups is 2. The van der Waals surface area contributed by atoms with E-state index in [9.17, 15) is 25.1 Å². The average Bonchev–Trinajstić information content (AvgIpc) is 2.88. The molecule has 0 fully saturated rings. The van der Waals surface area contributed by atoms with Crippen molar-refractivity contribution < 1.29 is 34.6 Å². The number of hydroxylamine groups is 2. The van der Waals surface area contributed by atoms with Crippen LogP contribution < -0.4 is 5.23 Å². The van der Waals surface area contributed by atoms with Crippen LogP contribution in [0.2, 0.25) is 0 Å². The fourth-order valence-electron chi connectivity index (χ4n) is 3.68. The van der Waals surface area contributed by atoms with Crippen LogP contribution in [0.5, 0.6) is 0 Å². The lowest BCUT2D eigenvalue weighted by molar-refractivity contribution is -1.07. The Morgan fingerprint density at radius 1 is 1.00 bits per heavy atom. The fraction of sp³-hybridized carbons (Fsp3) is 0.182. The first kappa shape index (κ1) is 21.3. The predicted octanol–water partition coefficient (Wildman–Crippen LogP) is 1.84. The number of quaternary nitrogens is 1. The van der Waals surface area contributed by atoms with Crippen molar-refractivity contribution in [3.63, 3.8) is 0 Å². The third-order valence-corrected chi connectivity index (χ3v) is 5.02.